The lowest BCUT2D eigenvalue weighted by Crippen LogP contribution is -2.49. The fourth-order valence-electron chi connectivity index (χ4n) is 2.40. The van der Waals surface area contributed by atoms with E-state index in [1.807, 2.05) is 0 Å². The lowest BCUT2D eigenvalue weighted by atomic mass is 10.2. The van der Waals surface area contributed by atoms with E-state index in [0.29, 0.717) is 17.1 Å². The van der Waals surface area contributed by atoms with Gasteiger partial charge in [-0.05, 0) is 13.0 Å². The summed E-state index contributed by atoms with van der Waals surface area (Å²) in [7, 11) is 0. The Bertz CT molecular complexity index is 660. The van der Waals surface area contributed by atoms with E-state index in [1.165, 1.54) is 12.1 Å². The largest absolute Gasteiger partial charge is 0.352 e. The van der Waals surface area contributed by atoms with Crippen molar-refractivity contribution in [2.45, 2.75) is 13.0 Å². The van der Waals surface area contributed by atoms with Gasteiger partial charge < -0.3 is 10.2 Å². The van der Waals surface area contributed by atoms with Crippen LogP contribution < -0.4 is 10.2 Å². The van der Waals surface area contributed by atoms with Crippen LogP contribution in [-0.2, 0) is 0 Å². The number of fused-ring (bicyclic) bond motifs is 1. The Hall–Kier alpha value is -2.28. The molecule has 2 aromatic rings. The molecule has 0 radical (unpaired) electrons. The predicted octanol–water partition coefficient (Wildman–Crippen LogP) is 1.34. The van der Waals surface area contributed by atoms with Crippen molar-refractivity contribution in [1.29, 1.82) is 0 Å². The number of anilines is 1. The zero-order valence-electron chi connectivity index (χ0n) is 11.1. The first-order valence-electron chi connectivity index (χ1n) is 6.53. The molecule has 0 unspecified atom stereocenters. The quantitative estimate of drug-likeness (QED) is 0.656. The van der Waals surface area contributed by atoms with Crippen LogP contribution in [0.25, 0.3) is 11.0 Å². The normalized spacial score (nSPS) is 19.2. The van der Waals surface area contributed by atoms with Crippen molar-refractivity contribution in [3.05, 3.63) is 34.5 Å². The van der Waals surface area contributed by atoms with E-state index >= 15 is 0 Å². The molecular formula is C13H15N5O2. The van der Waals surface area contributed by atoms with Crippen molar-refractivity contribution in [2.75, 3.05) is 24.5 Å². The average molecular weight is 273 g/mol. The standard InChI is InChI=1S/C13H15N5O2/c1-9-8-17(5-4-14-9)13-7-15-12-6-10(18(19)20)2-3-11(12)16-13/h2-3,6-7,9,14H,4-5,8H2,1H3/t9-/m1/s1. The van der Waals surface area contributed by atoms with Crippen molar-refractivity contribution >= 4 is 22.5 Å². The Balaban J connectivity index is 1.94. The second kappa shape index (κ2) is 5.01. The number of non-ortho nitro benzene ring substituents is 1. The molecule has 0 bridgehead atoms. The van der Waals surface area contributed by atoms with Gasteiger partial charge in [0, 0.05) is 37.8 Å². The minimum absolute atomic E-state index is 0.0374. The van der Waals surface area contributed by atoms with Crippen LogP contribution >= 0.6 is 0 Å². The number of rotatable bonds is 2. The molecule has 1 saturated heterocycles. The molecule has 0 amide bonds. The second-order valence-electron chi connectivity index (χ2n) is 4.96. The van der Waals surface area contributed by atoms with Gasteiger partial charge in [0.25, 0.3) is 5.69 Å². The number of nitro groups is 1. The van der Waals surface area contributed by atoms with Crippen molar-refractivity contribution in [1.82, 2.24) is 15.3 Å². The van der Waals surface area contributed by atoms with Crippen LogP contribution in [0.2, 0.25) is 0 Å². The second-order valence-corrected chi connectivity index (χ2v) is 4.96. The van der Waals surface area contributed by atoms with Crippen molar-refractivity contribution in [2.24, 2.45) is 0 Å². The molecule has 0 spiro atoms. The van der Waals surface area contributed by atoms with E-state index in [4.69, 9.17) is 0 Å². The first kappa shape index (κ1) is 12.7. The number of nitrogens with zero attached hydrogens (tertiary/aromatic N) is 4. The zero-order valence-corrected chi connectivity index (χ0v) is 11.1. The van der Waals surface area contributed by atoms with Gasteiger partial charge in [-0.3, -0.25) is 15.1 Å². The fourth-order valence-corrected chi connectivity index (χ4v) is 2.40. The summed E-state index contributed by atoms with van der Waals surface area (Å²) in [6.07, 6.45) is 1.68. The Morgan fingerprint density at radius 3 is 3.05 bits per heavy atom. The maximum atomic E-state index is 10.7. The van der Waals surface area contributed by atoms with E-state index in [-0.39, 0.29) is 5.69 Å². The highest BCUT2D eigenvalue weighted by atomic mass is 16.6. The lowest BCUT2D eigenvalue weighted by molar-refractivity contribution is -0.384. The third kappa shape index (κ3) is 2.39. The molecule has 104 valence electrons. The maximum Gasteiger partial charge on any atom is 0.271 e. The van der Waals surface area contributed by atoms with Gasteiger partial charge in [0.15, 0.2) is 0 Å². The molecule has 1 aromatic heterocycles. The van der Waals surface area contributed by atoms with Gasteiger partial charge in [-0.25, -0.2) is 4.98 Å². The van der Waals surface area contributed by atoms with E-state index in [1.54, 1.807) is 12.3 Å². The summed E-state index contributed by atoms with van der Waals surface area (Å²) >= 11 is 0. The molecule has 7 nitrogen and oxygen atoms in total. The number of hydrogen-bond acceptors (Lipinski definition) is 6. The SMILES string of the molecule is C[C@@H]1CN(c2cnc3cc([N+](=O)[O-])ccc3n2)CCN1. The van der Waals surface area contributed by atoms with Gasteiger partial charge >= 0.3 is 0 Å². The van der Waals surface area contributed by atoms with Gasteiger partial charge in [-0.2, -0.15) is 0 Å². The van der Waals surface area contributed by atoms with Crippen LogP contribution in [0.3, 0.4) is 0 Å². The van der Waals surface area contributed by atoms with Crippen LogP contribution in [0.1, 0.15) is 6.92 Å². The molecule has 20 heavy (non-hydrogen) atoms. The van der Waals surface area contributed by atoms with Crippen LogP contribution in [0.15, 0.2) is 24.4 Å². The van der Waals surface area contributed by atoms with Gasteiger partial charge in [0.05, 0.1) is 22.2 Å². The first-order valence-corrected chi connectivity index (χ1v) is 6.53. The smallest absolute Gasteiger partial charge is 0.271 e. The maximum absolute atomic E-state index is 10.7. The summed E-state index contributed by atoms with van der Waals surface area (Å²) in [5.41, 5.74) is 1.26. The summed E-state index contributed by atoms with van der Waals surface area (Å²) < 4.78 is 0. The van der Waals surface area contributed by atoms with Gasteiger partial charge in [0.1, 0.15) is 5.82 Å². The molecule has 1 fully saturated rings. The monoisotopic (exact) mass is 273 g/mol. The van der Waals surface area contributed by atoms with Crippen LogP contribution in [0.5, 0.6) is 0 Å². The summed E-state index contributed by atoms with van der Waals surface area (Å²) in [4.78, 5) is 21.3. The lowest BCUT2D eigenvalue weighted by Gasteiger charge is -2.32. The number of hydrogen-bond donors (Lipinski definition) is 1. The number of benzene rings is 1. The average Bonchev–Trinajstić information content (AvgIpc) is 2.46. The zero-order chi connectivity index (χ0) is 14.1. The van der Waals surface area contributed by atoms with E-state index in [0.717, 1.165) is 25.5 Å². The molecule has 1 atom stereocenters. The fraction of sp³-hybridized carbons (Fsp3) is 0.385. The molecule has 7 heteroatoms. The minimum Gasteiger partial charge on any atom is -0.352 e. The molecule has 1 N–H and O–H groups in total. The molecule has 2 heterocycles. The molecule has 0 aliphatic carbocycles. The van der Waals surface area contributed by atoms with Crippen molar-refractivity contribution in [3.8, 4) is 0 Å². The summed E-state index contributed by atoms with van der Waals surface area (Å²) in [6, 6.07) is 4.97. The van der Waals surface area contributed by atoms with E-state index in [9.17, 15) is 10.1 Å². The molecule has 3 rings (SSSR count). The molecule has 0 saturated carbocycles. The van der Waals surface area contributed by atoms with Gasteiger partial charge in [-0.15, -0.1) is 0 Å². The molecule has 1 aromatic carbocycles. The number of piperazine rings is 1. The van der Waals surface area contributed by atoms with Crippen LogP contribution in [0, 0.1) is 10.1 Å². The Labute approximate surface area is 115 Å². The summed E-state index contributed by atoms with van der Waals surface area (Å²) in [5, 5.41) is 14.1. The topological polar surface area (TPSA) is 84.2 Å². The third-order valence-corrected chi connectivity index (χ3v) is 3.42. The molecular weight excluding hydrogens is 258 g/mol. The van der Waals surface area contributed by atoms with Gasteiger partial charge in [-0.1, -0.05) is 0 Å². The minimum atomic E-state index is -0.424. The third-order valence-electron chi connectivity index (χ3n) is 3.42. The Morgan fingerprint density at radius 1 is 1.45 bits per heavy atom. The van der Waals surface area contributed by atoms with E-state index < -0.39 is 4.92 Å². The molecule has 1 aliphatic heterocycles. The summed E-state index contributed by atoms with van der Waals surface area (Å²) in [6.45, 7) is 4.82. The number of aromatic nitrogens is 2. The van der Waals surface area contributed by atoms with Crippen molar-refractivity contribution < 1.29 is 4.92 Å². The Morgan fingerprint density at radius 2 is 2.30 bits per heavy atom. The van der Waals surface area contributed by atoms with Crippen LogP contribution in [0.4, 0.5) is 11.5 Å². The predicted molar refractivity (Wildman–Crippen MR) is 75.9 cm³/mol. The highest BCUT2D eigenvalue weighted by Crippen LogP contribution is 2.21. The molecule has 1 aliphatic rings. The van der Waals surface area contributed by atoms with Crippen LogP contribution in [-0.4, -0.2) is 40.6 Å². The highest BCUT2D eigenvalue weighted by molar-refractivity contribution is 5.78. The number of nitrogens with one attached hydrogen (secondary N) is 1. The highest BCUT2D eigenvalue weighted by Gasteiger charge is 2.17. The van der Waals surface area contributed by atoms with Crippen molar-refractivity contribution in [3.63, 3.8) is 0 Å². The number of nitro benzene ring substituents is 1. The van der Waals surface area contributed by atoms with Gasteiger partial charge in [0.2, 0.25) is 0 Å². The summed E-state index contributed by atoms with van der Waals surface area (Å²) in [5.74, 6) is 0.819. The first-order chi connectivity index (χ1) is 9.63. The van der Waals surface area contributed by atoms with E-state index in [2.05, 4.69) is 27.1 Å². The Kier molecular flexibility index (Phi) is 3.19.